The van der Waals surface area contributed by atoms with Crippen LogP contribution in [0, 0.1) is 15.9 Å². The largest absolute Gasteiger partial charge is 0.349 e. The van der Waals surface area contributed by atoms with E-state index in [0.717, 1.165) is 11.6 Å². The summed E-state index contributed by atoms with van der Waals surface area (Å²) in [6, 6.07) is 5.27. The zero-order valence-corrected chi connectivity index (χ0v) is 9.54. The average molecular weight is 249 g/mol. The molecule has 0 atom stereocenters. The minimum Gasteiger partial charge on any atom is -0.349 e. The molecule has 2 aromatic rings. The SMILES string of the molecule is NCc1ccn(Cc2cc(F)ccc2[N+](=O)[O-])c1. The van der Waals surface area contributed by atoms with Crippen LogP contribution < -0.4 is 5.73 Å². The molecule has 0 aliphatic heterocycles. The van der Waals surface area contributed by atoms with Crippen molar-refractivity contribution in [3.05, 3.63) is 63.7 Å². The molecule has 0 saturated carbocycles. The summed E-state index contributed by atoms with van der Waals surface area (Å²) in [7, 11) is 0. The van der Waals surface area contributed by atoms with Gasteiger partial charge in [-0.2, -0.15) is 0 Å². The topological polar surface area (TPSA) is 74.1 Å². The molecule has 5 nitrogen and oxygen atoms in total. The summed E-state index contributed by atoms with van der Waals surface area (Å²) >= 11 is 0. The minimum atomic E-state index is -0.512. The third-order valence-electron chi connectivity index (χ3n) is 2.64. The van der Waals surface area contributed by atoms with Gasteiger partial charge in [0.2, 0.25) is 0 Å². The van der Waals surface area contributed by atoms with Gasteiger partial charge in [0, 0.05) is 25.0 Å². The average Bonchev–Trinajstić information content (AvgIpc) is 2.76. The molecule has 0 radical (unpaired) electrons. The maximum atomic E-state index is 13.1. The highest BCUT2D eigenvalue weighted by atomic mass is 19.1. The smallest absolute Gasteiger partial charge is 0.274 e. The number of benzene rings is 1. The first-order chi connectivity index (χ1) is 8.60. The Hall–Kier alpha value is -2.21. The van der Waals surface area contributed by atoms with Crippen molar-refractivity contribution in [2.24, 2.45) is 5.73 Å². The molecule has 1 heterocycles. The summed E-state index contributed by atoms with van der Waals surface area (Å²) in [6.45, 7) is 0.645. The number of nitrogens with zero attached hydrogens (tertiary/aromatic N) is 2. The maximum absolute atomic E-state index is 13.1. The highest BCUT2D eigenvalue weighted by molar-refractivity contribution is 5.40. The molecule has 0 spiro atoms. The second kappa shape index (κ2) is 4.97. The van der Waals surface area contributed by atoms with Crippen LogP contribution in [0.15, 0.2) is 36.7 Å². The van der Waals surface area contributed by atoms with Crippen LogP contribution in [0.4, 0.5) is 10.1 Å². The Balaban J connectivity index is 2.32. The molecule has 2 N–H and O–H groups in total. The fourth-order valence-electron chi connectivity index (χ4n) is 1.77. The molecule has 2 rings (SSSR count). The molecular formula is C12H12FN3O2. The van der Waals surface area contributed by atoms with E-state index in [0.29, 0.717) is 12.1 Å². The van der Waals surface area contributed by atoms with Gasteiger partial charge in [0.05, 0.1) is 17.0 Å². The van der Waals surface area contributed by atoms with Crippen LogP contribution in [-0.4, -0.2) is 9.49 Å². The van der Waals surface area contributed by atoms with Gasteiger partial charge in [0.1, 0.15) is 5.82 Å². The van der Waals surface area contributed by atoms with E-state index in [2.05, 4.69) is 0 Å². The van der Waals surface area contributed by atoms with Gasteiger partial charge >= 0.3 is 0 Å². The van der Waals surface area contributed by atoms with Crippen LogP contribution in [0.1, 0.15) is 11.1 Å². The standard InChI is InChI=1S/C12H12FN3O2/c13-11-1-2-12(16(17)18)10(5-11)8-15-4-3-9(6-14)7-15/h1-5,7H,6,8,14H2. The number of hydrogen-bond donors (Lipinski definition) is 1. The van der Waals surface area contributed by atoms with Crippen LogP contribution >= 0.6 is 0 Å². The van der Waals surface area contributed by atoms with E-state index in [9.17, 15) is 14.5 Å². The van der Waals surface area contributed by atoms with Gasteiger partial charge in [0.25, 0.3) is 5.69 Å². The van der Waals surface area contributed by atoms with Crippen molar-refractivity contribution < 1.29 is 9.31 Å². The lowest BCUT2D eigenvalue weighted by Crippen LogP contribution is -2.02. The monoisotopic (exact) mass is 249 g/mol. The summed E-state index contributed by atoms with van der Waals surface area (Å²) in [5.74, 6) is -0.484. The van der Waals surface area contributed by atoms with Crippen molar-refractivity contribution in [2.75, 3.05) is 0 Å². The highest BCUT2D eigenvalue weighted by Crippen LogP contribution is 2.20. The molecule has 94 valence electrons. The van der Waals surface area contributed by atoms with Crippen molar-refractivity contribution in [1.29, 1.82) is 0 Å². The number of nitro groups is 1. The molecule has 18 heavy (non-hydrogen) atoms. The van der Waals surface area contributed by atoms with Crippen molar-refractivity contribution >= 4 is 5.69 Å². The van der Waals surface area contributed by atoms with Gasteiger partial charge in [-0.1, -0.05) is 0 Å². The lowest BCUT2D eigenvalue weighted by atomic mass is 10.1. The maximum Gasteiger partial charge on any atom is 0.274 e. The molecule has 1 aromatic heterocycles. The van der Waals surface area contributed by atoms with E-state index < -0.39 is 10.7 Å². The van der Waals surface area contributed by atoms with E-state index in [1.54, 1.807) is 17.0 Å². The Kier molecular flexibility index (Phi) is 3.38. The quantitative estimate of drug-likeness (QED) is 0.665. The molecule has 6 heteroatoms. The summed E-state index contributed by atoms with van der Waals surface area (Å²) < 4.78 is 14.9. The molecular weight excluding hydrogens is 237 g/mol. The number of rotatable bonds is 4. The van der Waals surface area contributed by atoms with Gasteiger partial charge < -0.3 is 10.3 Å². The minimum absolute atomic E-state index is 0.0839. The Morgan fingerprint density at radius 3 is 2.78 bits per heavy atom. The van der Waals surface area contributed by atoms with E-state index in [4.69, 9.17) is 5.73 Å². The molecule has 0 aliphatic rings. The predicted molar refractivity (Wildman–Crippen MR) is 64.5 cm³/mol. The number of aromatic nitrogens is 1. The molecule has 0 bridgehead atoms. The third kappa shape index (κ3) is 2.54. The summed E-state index contributed by atoms with van der Waals surface area (Å²) in [5, 5.41) is 10.8. The fraction of sp³-hybridized carbons (Fsp3) is 0.167. The van der Waals surface area contributed by atoms with E-state index >= 15 is 0 Å². The first-order valence-corrected chi connectivity index (χ1v) is 5.37. The number of nitrogens with two attached hydrogens (primary N) is 1. The van der Waals surface area contributed by atoms with E-state index in [1.807, 2.05) is 6.07 Å². The first kappa shape index (κ1) is 12.3. The predicted octanol–water partition coefficient (Wildman–Crippen LogP) is 2.04. The van der Waals surface area contributed by atoms with Gasteiger partial charge in [-0.25, -0.2) is 4.39 Å². The molecule has 1 aromatic carbocycles. The van der Waals surface area contributed by atoms with Crippen molar-refractivity contribution in [2.45, 2.75) is 13.1 Å². The molecule has 0 fully saturated rings. The van der Waals surface area contributed by atoms with Crippen LogP contribution in [0.3, 0.4) is 0 Å². The normalized spacial score (nSPS) is 10.6. The Morgan fingerprint density at radius 2 is 2.17 bits per heavy atom. The lowest BCUT2D eigenvalue weighted by molar-refractivity contribution is -0.385. The second-order valence-electron chi connectivity index (χ2n) is 3.93. The summed E-state index contributed by atoms with van der Waals surface area (Å²) in [4.78, 5) is 10.3. The number of nitro benzene ring substituents is 1. The Bertz CT molecular complexity index is 580. The lowest BCUT2D eigenvalue weighted by Gasteiger charge is -2.04. The highest BCUT2D eigenvalue weighted by Gasteiger charge is 2.14. The van der Waals surface area contributed by atoms with Crippen molar-refractivity contribution in [1.82, 2.24) is 4.57 Å². The second-order valence-corrected chi connectivity index (χ2v) is 3.93. The van der Waals surface area contributed by atoms with Crippen molar-refractivity contribution in [3.63, 3.8) is 0 Å². The molecule has 0 saturated heterocycles. The molecule has 0 aliphatic carbocycles. The van der Waals surface area contributed by atoms with Gasteiger partial charge in [-0.3, -0.25) is 10.1 Å². The van der Waals surface area contributed by atoms with Crippen LogP contribution in [0.5, 0.6) is 0 Å². The summed E-state index contributed by atoms with van der Waals surface area (Å²) in [6.07, 6.45) is 3.55. The van der Waals surface area contributed by atoms with E-state index in [1.165, 1.54) is 12.1 Å². The van der Waals surface area contributed by atoms with Crippen LogP contribution in [0.25, 0.3) is 0 Å². The van der Waals surface area contributed by atoms with Gasteiger partial charge in [0.15, 0.2) is 0 Å². The third-order valence-corrected chi connectivity index (χ3v) is 2.64. The Morgan fingerprint density at radius 1 is 1.39 bits per heavy atom. The van der Waals surface area contributed by atoms with Crippen molar-refractivity contribution in [3.8, 4) is 0 Å². The summed E-state index contributed by atoms with van der Waals surface area (Å²) in [5.41, 5.74) is 6.65. The van der Waals surface area contributed by atoms with E-state index in [-0.39, 0.29) is 12.2 Å². The van der Waals surface area contributed by atoms with Crippen LogP contribution in [0.2, 0.25) is 0 Å². The fourth-order valence-corrected chi connectivity index (χ4v) is 1.77. The molecule has 0 unspecified atom stereocenters. The first-order valence-electron chi connectivity index (χ1n) is 5.37. The zero-order valence-electron chi connectivity index (χ0n) is 9.54. The number of halogens is 1. The number of hydrogen-bond acceptors (Lipinski definition) is 3. The molecule has 0 amide bonds. The zero-order chi connectivity index (χ0) is 13.1. The van der Waals surface area contributed by atoms with Gasteiger partial charge in [-0.05, 0) is 23.8 Å². The van der Waals surface area contributed by atoms with Gasteiger partial charge in [-0.15, -0.1) is 0 Å². The van der Waals surface area contributed by atoms with Crippen LogP contribution in [-0.2, 0) is 13.1 Å². The Labute approximate surface area is 103 Å².